The van der Waals surface area contributed by atoms with Gasteiger partial charge in [0.15, 0.2) is 0 Å². The van der Waals surface area contributed by atoms with E-state index in [0.29, 0.717) is 13.0 Å². The number of ether oxygens (including phenoxy) is 1. The number of carbonyl (C=O) groups excluding carboxylic acids is 1. The van der Waals surface area contributed by atoms with Gasteiger partial charge in [0, 0.05) is 13.6 Å². The van der Waals surface area contributed by atoms with Crippen LogP contribution in [0, 0.1) is 0 Å². The van der Waals surface area contributed by atoms with Gasteiger partial charge in [-0.3, -0.25) is 4.79 Å². The summed E-state index contributed by atoms with van der Waals surface area (Å²) in [7, 11) is 3.41. The van der Waals surface area contributed by atoms with Crippen LogP contribution in [0.5, 0.6) is 5.75 Å². The van der Waals surface area contributed by atoms with Crippen molar-refractivity contribution in [2.24, 2.45) is 5.73 Å². The van der Waals surface area contributed by atoms with E-state index in [2.05, 4.69) is 0 Å². The Morgan fingerprint density at radius 3 is 2.32 bits per heavy atom. The van der Waals surface area contributed by atoms with Crippen molar-refractivity contribution in [3.8, 4) is 5.75 Å². The number of nitrogens with two attached hydrogens (primary N) is 1. The third-order valence-corrected chi connectivity index (χ3v) is 3.57. The van der Waals surface area contributed by atoms with Gasteiger partial charge in [0.1, 0.15) is 5.75 Å². The van der Waals surface area contributed by atoms with Gasteiger partial charge < -0.3 is 15.4 Å². The number of methoxy groups -OCH3 is 1. The molecule has 0 aromatic heterocycles. The van der Waals surface area contributed by atoms with E-state index in [1.807, 2.05) is 54.6 Å². The van der Waals surface area contributed by atoms with Gasteiger partial charge in [0.2, 0.25) is 5.91 Å². The number of carbonyl (C=O) groups is 1. The maximum atomic E-state index is 12.4. The minimum absolute atomic E-state index is 0.0559. The third kappa shape index (κ3) is 4.33. The van der Waals surface area contributed by atoms with Crippen molar-refractivity contribution in [3.63, 3.8) is 0 Å². The van der Waals surface area contributed by atoms with Gasteiger partial charge in [-0.25, -0.2) is 0 Å². The van der Waals surface area contributed by atoms with Gasteiger partial charge in [0.05, 0.1) is 13.2 Å². The molecular weight excluding hydrogens is 276 g/mol. The Balaban J connectivity index is 1.93. The van der Waals surface area contributed by atoms with E-state index in [1.165, 1.54) is 0 Å². The second kappa shape index (κ2) is 7.61. The SMILES string of the molecule is COc1ccc(CN(C)C(=O)C(N)Cc2ccccc2)cc1. The summed E-state index contributed by atoms with van der Waals surface area (Å²) in [5.74, 6) is 0.748. The lowest BCUT2D eigenvalue weighted by molar-refractivity contribution is -0.131. The first-order chi connectivity index (χ1) is 10.6. The molecule has 116 valence electrons. The molecule has 2 N–H and O–H groups in total. The van der Waals surface area contributed by atoms with Gasteiger partial charge >= 0.3 is 0 Å². The standard InChI is InChI=1S/C18H22N2O2/c1-20(13-15-8-10-16(22-2)11-9-15)18(21)17(19)12-14-6-4-3-5-7-14/h3-11,17H,12-13,19H2,1-2H3. The van der Waals surface area contributed by atoms with Crippen LogP contribution in [-0.4, -0.2) is 31.0 Å². The molecule has 1 atom stereocenters. The molecular formula is C18H22N2O2. The quantitative estimate of drug-likeness (QED) is 0.889. The Bertz CT molecular complexity index is 596. The zero-order valence-corrected chi connectivity index (χ0v) is 13.0. The van der Waals surface area contributed by atoms with Crippen LogP contribution in [0.4, 0.5) is 0 Å². The van der Waals surface area contributed by atoms with E-state index in [0.717, 1.165) is 16.9 Å². The van der Waals surface area contributed by atoms with Gasteiger partial charge in [-0.05, 0) is 29.7 Å². The molecule has 0 heterocycles. The topological polar surface area (TPSA) is 55.6 Å². The number of hydrogen-bond acceptors (Lipinski definition) is 3. The first-order valence-corrected chi connectivity index (χ1v) is 7.27. The van der Waals surface area contributed by atoms with Crippen molar-refractivity contribution >= 4 is 5.91 Å². The molecule has 0 saturated carbocycles. The van der Waals surface area contributed by atoms with Gasteiger partial charge in [-0.2, -0.15) is 0 Å². The first kappa shape index (κ1) is 16.0. The van der Waals surface area contributed by atoms with E-state index in [4.69, 9.17) is 10.5 Å². The molecule has 0 saturated heterocycles. The molecule has 1 amide bonds. The molecule has 22 heavy (non-hydrogen) atoms. The van der Waals surface area contributed by atoms with Crippen LogP contribution in [0.3, 0.4) is 0 Å². The van der Waals surface area contributed by atoms with Crippen LogP contribution in [0.2, 0.25) is 0 Å². The van der Waals surface area contributed by atoms with Crippen molar-refractivity contribution in [3.05, 3.63) is 65.7 Å². The molecule has 4 nitrogen and oxygen atoms in total. The van der Waals surface area contributed by atoms with Crippen molar-refractivity contribution in [1.82, 2.24) is 4.90 Å². The lowest BCUT2D eigenvalue weighted by Crippen LogP contribution is -2.42. The van der Waals surface area contributed by atoms with Crippen LogP contribution in [0.1, 0.15) is 11.1 Å². The van der Waals surface area contributed by atoms with E-state index in [1.54, 1.807) is 19.1 Å². The molecule has 0 bridgehead atoms. The van der Waals surface area contributed by atoms with Gasteiger partial charge in [-0.15, -0.1) is 0 Å². The maximum absolute atomic E-state index is 12.4. The van der Waals surface area contributed by atoms with Gasteiger partial charge in [-0.1, -0.05) is 42.5 Å². The minimum atomic E-state index is -0.523. The fraction of sp³-hybridized carbons (Fsp3) is 0.278. The molecule has 0 radical (unpaired) electrons. The summed E-state index contributed by atoms with van der Waals surface area (Å²) in [5, 5.41) is 0. The summed E-state index contributed by atoms with van der Waals surface area (Å²) in [5.41, 5.74) is 8.15. The third-order valence-electron chi connectivity index (χ3n) is 3.57. The monoisotopic (exact) mass is 298 g/mol. The zero-order chi connectivity index (χ0) is 15.9. The predicted molar refractivity (Wildman–Crippen MR) is 87.6 cm³/mol. The van der Waals surface area contributed by atoms with Gasteiger partial charge in [0.25, 0.3) is 0 Å². The summed E-state index contributed by atoms with van der Waals surface area (Å²) in [6.07, 6.45) is 0.548. The van der Waals surface area contributed by atoms with E-state index < -0.39 is 6.04 Å². The molecule has 0 aliphatic carbocycles. The normalized spacial score (nSPS) is 11.8. The van der Waals surface area contributed by atoms with Crippen LogP contribution < -0.4 is 10.5 Å². The Kier molecular flexibility index (Phi) is 5.55. The van der Waals surface area contributed by atoms with Crippen molar-refractivity contribution in [2.45, 2.75) is 19.0 Å². The average Bonchev–Trinajstić information content (AvgIpc) is 2.55. The number of likely N-dealkylation sites (N-methyl/N-ethyl adjacent to an activating group) is 1. The summed E-state index contributed by atoms with van der Waals surface area (Å²) < 4.78 is 5.13. The highest BCUT2D eigenvalue weighted by atomic mass is 16.5. The summed E-state index contributed by atoms with van der Waals surface area (Å²) in [6, 6.07) is 17.0. The Morgan fingerprint density at radius 2 is 1.73 bits per heavy atom. The Morgan fingerprint density at radius 1 is 1.09 bits per heavy atom. The largest absolute Gasteiger partial charge is 0.497 e. The first-order valence-electron chi connectivity index (χ1n) is 7.27. The highest BCUT2D eigenvalue weighted by molar-refractivity contribution is 5.81. The number of benzene rings is 2. The Hall–Kier alpha value is -2.33. The zero-order valence-electron chi connectivity index (χ0n) is 13.0. The number of amides is 1. The highest BCUT2D eigenvalue weighted by Gasteiger charge is 2.18. The smallest absolute Gasteiger partial charge is 0.239 e. The summed E-state index contributed by atoms with van der Waals surface area (Å²) >= 11 is 0. The number of nitrogens with zero attached hydrogens (tertiary/aromatic N) is 1. The highest BCUT2D eigenvalue weighted by Crippen LogP contribution is 2.13. The molecule has 0 fully saturated rings. The van der Waals surface area contributed by atoms with Crippen LogP contribution in [0.25, 0.3) is 0 Å². The Labute approximate surface area is 131 Å². The van der Waals surface area contributed by atoms with E-state index in [9.17, 15) is 4.79 Å². The van der Waals surface area contributed by atoms with E-state index in [-0.39, 0.29) is 5.91 Å². The number of hydrogen-bond donors (Lipinski definition) is 1. The average molecular weight is 298 g/mol. The minimum Gasteiger partial charge on any atom is -0.497 e. The lowest BCUT2D eigenvalue weighted by atomic mass is 10.1. The number of rotatable bonds is 6. The fourth-order valence-electron chi connectivity index (χ4n) is 2.32. The molecule has 0 aliphatic heterocycles. The maximum Gasteiger partial charge on any atom is 0.239 e. The molecule has 2 aromatic carbocycles. The van der Waals surface area contributed by atoms with Crippen molar-refractivity contribution in [2.75, 3.05) is 14.2 Å². The lowest BCUT2D eigenvalue weighted by Gasteiger charge is -2.21. The molecule has 0 spiro atoms. The van der Waals surface area contributed by atoms with Crippen molar-refractivity contribution < 1.29 is 9.53 Å². The molecule has 2 rings (SSSR count). The van der Waals surface area contributed by atoms with Crippen LogP contribution >= 0.6 is 0 Å². The molecule has 2 aromatic rings. The summed E-state index contributed by atoms with van der Waals surface area (Å²) in [4.78, 5) is 14.0. The second-order valence-corrected chi connectivity index (χ2v) is 5.34. The molecule has 1 unspecified atom stereocenters. The molecule has 0 aliphatic rings. The van der Waals surface area contributed by atoms with E-state index >= 15 is 0 Å². The molecule has 4 heteroatoms. The fourth-order valence-corrected chi connectivity index (χ4v) is 2.32. The second-order valence-electron chi connectivity index (χ2n) is 5.34. The summed E-state index contributed by atoms with van der Waals surface area (Å²) in [6.45, 7) is 0.533. The predicted octanol–water partition coefficient (Wildman–Crippen LogP) is 2.22. The van der Waals surface area contributed by atoms with Crippen LogP contribution in [0.15, 0.2) is 54.6 Å². The van der Waals surface area contributed by atoms with Crippen molar-refractivity contribution in [1.29, 1.82) is 0 Å². The van der Waals surface area contributed by atoms with Crippen LogP contribution in [-0.2, 0) is 17.8 Å².